The first-order chi connectivity index (χ1) is 3.68. The predicted octanol–water partition coefficient (Wildman–Crippen LogP) is -3.26. The van der Waals surface area contributed by atoms with Crippen molar-refractivity contribution < 1.29 is 15.3 Å². The van der Waals surface area contributed by atoms with Gasteiger partial charge in [0.1, 0.15) is 0 Å². The summed E-state index contributed by atoms with van der Waals surface area (Å²) in [6.45, 7) is -1.21. The van der Waals surface area contributed by atoms with Crippen molar-refractivity contribution in [2.45, 2.75) is 5.54 Å². The first kappa shape index (κ1) is 12.7. The molecule has 0 aromatic rings. The SMILES string of the molecule is NC(CO)(CO)CO.[CaH2]. The van der Waals surface area contributed by atoms with Crippen molar-refractivity contribution in [3.63, 3.8) is 0 Å². The third kappa shape index (κ3) is 4.50. The predicted molar refractivity (Wildman–Crippen MR) is 36.7 cm³/mol. The van der Waals surface area contributed by atoms with Crippen LogP contribution in [0.25, 0.3) is 0 Å². The van der Waals surface area contributed by atoms with E-state index < -0.39 is 25.4 Å². The van der Waals surface area contributed by atoms with Gasteiger partial charge in [0.15, 0.2) is 0 Å². The van der Waals surface area contributed by atoms with Gasteiger partial charge in [-0.3, -0.25) is 0 Å². The molecule has 0 saturated heterocycles. The van der Waals surface area contributed by atoms with Gasteiger partial charge in [0.2, 0.25) is 0 Å². The standard InChI is InChI=1S/C4H11NO3.Ca.2H/c5-4(1-6,2-7)3-8;;;/h6-8H,1-3,5H2;;;. The normalized spacial score (nSPS) is 10.7. The molecule has 5 N–H and O–H groups in total. The Labute approximate surface area is 83.7 Å². The van der Waals surface area contributed by atoms with Gasteiger partial charge in [-0.15, -0.1) is 0 Å². The molecule has 0 fully saturated rings. The summed E-state index contributed by atoms with van der Waals surface area (Å²) in [5.41, 5.74) is 3.94. The van der Waals surface area contributed by atoms with Crippen LogP contribution in [0.2, 0.25) is 0 Å². The zero-order chi connectivity index (χ0) is 6.62. The van der Waals surface area contributed by atoms with E-state index in [1.54, 1.807) is 0 Å². The van der Waals surface area contributed by atoms with E-state index in [9.17, 15) is 0 Å². The van der Waals surface area contributed by atoms with Crippen molar-refractivity contribution >= 4 is 37.7 Å². The third-order valence-electron chi connectivity index (χ3n) is 0.945. The Kier molecular flexibility index (Phi) is 8.29. The molecule has 0 atom stereocenters. The van der Waals surface area contributed by atoms with Gasteiger partial charge in [-0.05, 0) is 0 Å². The van der Waals surface area contributed by atoms with E-state index in [1.165, 1.54) is 0 Å². The van der Waals surface area contributed by atoms with E-state index in [1.807, 2.05) is 0 Å². The monoisotopic (exact) mass is 163 g/mol. The van der Waals surface area contributed by atoms with Crippen LogP contribution in [0.5, 0.6) is 0 Å². The van der Waals surface area contributed by atoms with Crippen molar-refractivity contribution in [3.05, 3.63) is 0 Å². The molecule has 0 amide bonds. The van der Waals surface area contributed by atoms with Gasteiger partial charge in [0.25, 0.3) is 0 Å². The van der Waals surface area contributed by atoms with Crippen molar-refractivity contribution in [2.24, 2.45) is 5.73 Å². The van der Waals surface area contributed by atoms with Crippen molar-refractivity contribution in [3.8, 4) is 0 Å². The van der Waals surface area contributed by atoms with Crippen LogP contribution in [0.3, 0.4) is 0 Å². The summed E-state index contributed by atoms with van der Waals surface area (Å²) in [6, 6.07) is 0. The van der Waals surface area contributed by atoms with Crippen LogP contribution in [0.15, 0.2) is 0 Å². The molecule has 54 valence electrons. The quantitative estimate of drug-likeness (QED) is 0.329. The second-order valence-corrected chi connectivity index (χ2v) is 1.84. The van der Waals surface area contributed by atoms with Crippen molar-refractivity contribution in [2.75, 3.05) is 19.8 Å². The summed E-state index contributed by atoms with van der Waals surface area (Å²) < 4.78 is 0. The van der Waals surface area contributed by atoms with E-state index >= 15 is 0 Å². The van der Waals surface area contributed by atoms with E-state index in [0.29, 0.717) is 0 Å². The molecule has 0 rings (SSSR count). The second-order valence-electron chi connectivity index (χ2n) is 1.84. The topological polar surface area (TPSA) is 86.7 Å². The fourth-order valence-electron chi connectivity index (χ4n) is 0.150. The molecule has 0 unspecified atom stereocenters. The molecule has 5 heteroatoms. The molecule has 0 aromatic heterocycles. The number of hydrogen-bond acceptors (Lipinski definition) is 4. The number of aliphatic hydroxyl groups excluding tert-OH is 3. The van der Waals surface area contributed by atoms with Crippen molar-refractivity contribution in [1.82, 2.24) is 0 Å². The average Bonchev–Trinajstić information content (AvgIpc) is 1.87. The molecule has 0 radical (unpaired) electrons. The molecular weight excluding hydrogens is 150 g/mol. The fourth-order valence-corrected chi connectivity index (χ4v) is 0.150. The summed E-state index contributed by atoms with van der Waals surface area (Å²) in [5, 5.41) is 25.0. The van der Waals surface area contributed by atoms with Gasteiger partial charge >= 0.3 is 37.7 Å². The molecule has 0 bridgehead atoms. The Morgan fingerprint density at radius 2 is 1.22 bits per heavy atom. The molecule has 0 spiro atoms. The molecule has 0 aliphatic rings. The minimum atomic E-state index is -1.21. The Hall–Kier alpha value is 1.10. The van der Waals surface area contributed by atoms with E-state index in [-0.39, 0.29) is 37.7 Å². The summed E-state index contributed by atoms with van der Waals surface area (Å²) in [7, 11) is 0. The van der Waals surface area contributed by atoms with Crippen LogP contribution in [0.4, 0.5) is 0 Å². The summed E-state index contributed by atoms with van der Waals surface area (Å²) in [4.78, 5) is 0. The number of rotatable bonds is 3. The van der Waals surface area contributed by atoms with Crippen LogP contribution in [0, 0.1) is 0 Å². The van der Waals surface area contributed by atoms with E-state index in [0.717, 1.165) is 0 Å². The first-order valence-electron chi connectivity index (χ1n) is 2.30. The molecule has 0 aliphatic heterocycles. The second kappa shape index (κ2) is 5.85. The zero-order valence-corrected chi connectivity index (χ0v) is 4.54. The van der Waals surface area contributed by atoms with Gasteiger partial charge in [-0.2, -0.15) is 0 Å². The van der Waals surface area contributed by atoms with Crippen LogP contribution < -0.4 is 5.73 Å². The minimum absolute atomic E-state index is 0. The van der Waals surface area contributed by atoms with Gasteiger partial charge in [0.05, 0.1) is 25.4 Å². The first-order valence-corrected chi connectivity index (χ1v) is 2.30. The average molecular weight is 163 g/mol. The third-order valence-corrected chi connectivity index (χ3v) is 0.945. The Bertz CT molecular complexity index is 58.6. The Morgan fingerprint density at radius 3 is 1.22 bits per heavy atom. The molecule has 0 heterocycles. The number of nitrogens with two attached hydrogens (primary N) is 1. The van der Waals surface area contributed by atoms with E-state index in [4.69, 9.17) is 21.1 Å². The van der Waals surface area contributed by atoms with Gasteiger partial charge < -0.3 is 21.1 Å². The van der Waals surface area contributed by atoms with Gasteiger partial charge in [-0.1, -0.05) is 0 Å². The Morgan fingerprint density at radius 1 is 1.00 bits per heavy atom. The van der Waals surface area contributed by atoms with E-state index in [2.05, 4.69) is 0 Å². The Balaban J connectivity index is 0. The molecule has 9 heavy (non-hydrogen) atoms. The van der Waals surface area contributed by atoms with Crippen molar-refractivity contribution in [1.29, 1.82) is 0 Å². The summed E-state index contributed by atoms with van der Waals surface area (Å²) >= 11 is 0. The summed E-state index contributed by atoms with van der Waals surface area (Å²) in [5.74, 6) is 0. The fraction of sp³-hybridized carbons (Fsp3) is 1.00. The molecule has 0 aliphatic carbocycles. The zero-order valence-electron chi connectivity index (χ0n) is 4.54. The molecule has 4 nitrogen and oxygen atoms in total. The van der Waals surface area contributed by atoms with Gasteiger partial charge in [-0.25, -0.2) is 0 Å². The maximum atomic E-state index is 8.34. The summed E-state index contributed by atoms with van der Waals surface area (Å²) in [6.07, 6.45) is 0. The van der Waals surface area contributed by atoms with Gasteiger partial charge in [0, 0.05) is 0 Å². The molecule has 0 aromatic carbocycles. The number of hydrogen-bond donors (Lipinski definition) is 4. The maximum absolute atomic E-state index is 8.34. The van der Waals surface area contributed by atoms with Crippen LogP contribution in [-0.4, -0.2) is 78.4 Å². The van der Waals surface area contributed by atoms with Crippen LogP contribution in [0.1, 0.15) is 0 Å². The molecular formula is C4H13CaNO3. The van der Waals surface area contributed by atoms with Crippen LogP contribution >= 0.6 is 0 Å². The van der Waals surface area contributed by atoms with Crippen LogP contribution in [-0.2, 0) is 0 Å². The molecule has 0 saturated carbocycles. The number of aliphatic hydroxyl groups is 3.